The van der Waals surface area contributed by atoms with Gasteiger partial charge in [0, 0.05) is 16.8 Å². The van der Waals surface area contributed by atoms with Crippen molar-refractivity contribution < 1.29 is 4.79 Å². The van der Waals surface area contributed by atoms with E-state index in [9.17, 15) is 4.79 Å². The van der Waals surface area contributed by atoms with Crippen molar-refractivity contribution in [2.24, 2.45) is 0 Å². The van der Waals surface area contributed by atoms with Crippen LogP contribution in [0.2, 0.25) is 0 Å². The maximum atomic E-state index is 12.4. The van der Waals surface area contributed by atoms with Gasteiger partial charge in [0.25, 0.3) is 0 Å². The van der Waals surface area contributed by atoms with Crippen molar-refractivity contribution >= 4 is 11.5 Å². The van der Waals surface area contributed by atoms with Crippen LogP contribution >= 0.6 is 0 Å². The number of benzene rings is 2. The monoisotopic (exact) mass is 267 g/mol. The number of carbonyl (C=O) groups is 1. The number of hydrogen-bond donors (Lipinski definition) is 1. The molecule has 2 nitrogen and oxygen atoms in total. The fraction of sp³-hybridized carbons (Fsp3) is 0.278. The molecule has 0 fully saturated rings. The first-order valence-corrected chi connectivity index (χ1v) is 7.11. The summed E-state index contributed by atoms with van der Waals surface area (Å²) < 4.78 is 0. The summed E-state index contributed by atoms with van der Waals surface area (Å²) in [5.41, 5.74) is 10.2. The van der Waals surface area contributed by atoms with Crippen molar-refractivity contribution in [1.29, 1.82) is 0 Å². The summed E-state index contributed by atoms with van der Waals surface area (Å²) in [6, 6.07) is 13.4. The van der Waals surface area contributed by atoms with Crippen LogP contribution in [0.5, 0.6) is 0 Å². The van der Waals surface area contributed by atoms with E-state index in [4.69, 9.17) is 5.73 Å². The third kappa shape index (κ3) is 3.27. The van der Waals surface area contributed by atoms with E-state index in [1.165, 1.54) is 18.4 Å². The summed E-state index contributed by atoms with van der Waals surface area (Å²) in [5, 5.41) is 0. The number of nitrogens with two attached hydrogens (primary N) is 1. The highest BCUT2D eigenvalue weighted by atomic mass is 16.1. The Bertz CT molecular complexity index is 599. The standard InChI is InChI=1S/C18H21NO/c1-3-4-5-14-6-8-15(9-7-14)18(20)16-10-11-17(19)13(2)12-16/h6-12H,3-5,19H2,1-2H3. The Labute approximate surface area is 120 Å². The molecular formula is C18H21NO. The lowest BCUT2D eigenvalue weighted by atomic mass is 9.99. The van der Waals surface area contributed by atoms with Gasteiger partial charge in [0.15, 0.2) is 5.78 Å². The average Bonchev–Trinajstić information content (AvgIpc) is 2.48. The molecule has 2 rings (SSSR count). The molecule has 0 bridgehead atoms. The molecule has 2 heteroatoms. The summed E-state index contributed by atoms with van der Waals surface area (Å²) >= 11 is 0. The lowest BCUT2D eigenvalue weighted by molar-refractivity contribution is 0.103. The second-order valence-electron chi connectivity index (χ2n) is 5.20. The third-order valence-corrected chi connectivity index (χ3v) is 3.57. The van der Waals surface area contributed by atoms with Crippen LogP contribution in [0.4, 0.5) is 5.69 Å². The Kier molecular flexibility index (Phi) is 4.57. The number of hydrogen-bond acceptors (Lipinski definition) is 2. The zero-order valence-corrected chi connectivity index (χ0v) is 12.1. The summed E-state index contributed by atoms with van der Waals surface area (Å²) in [6.07, 6.45) is 3.45. The first-order chi connectivity index (χ1) is 9.61. The van der Waals surface area contributed by atoms with Crippen LogP contribution in [0.15, 0.2) is 42.5 Å². The molecule has 0 spiro atoms. The van der Waals surface area contributed by atoms with Gasteiger partial charge < -0.3 is 5.73 Å². The largest absolute Gasteiger partial charge is 0.399 e. The third-order valence-electron chi connectivity index (χ3n) is 3.57. The van der Waals surface area contributed by atoms with Gasteiger partial charge in [0.2, 0.25) is 0 Å². The second kappa shape index (κ2) is 6.38. The smallest absolute Gasteiger partial charge is 0.193 e. The number of ketones is 1. The molecule has 0 heterocycles. The number of rotatable bonds is 5. The Morgan fingerprint density at radius 3 is 2.30 bits per heavy atom. The minimum absolute atomic E-state index is 0.0511. The highest BCUT2D eigenvalue weighted by molar-refractivity contribution is 6.09. The SMILES string of the molecule is CCCCc1ccc(C(=O)c2ccc(N)c(C)c2)cc1. The molecule has 0 amide bonds. The van der Waals surface area contributed by atoms with Gasteiger partial charge in [0.05, 0.1) is 0 Å². The van der Waals surface area contributed by atoms with Crippen LogP contribution in [-0.2, 0) is 6.42 Å². The van der Waals surface area contributed by atoms with Crippen LogP contribution in [0.25, 0.3) is 0 Å². The van der Waals surface area contributed by atoms with Crippen LogP contribution in [0, 0.1) is 6.92 Å². The van der Waals surface area contributed by atoms with E-state index in [1.54, 1.807) is 12.1 Å². The van der Waals surface area contributed by atoms with Crippen molar-refractivity contribution in [3.8, 4) is 0 Å². The van der Waals surface area contributed by atoms with E-state index in [0.717, 1.165) is 23.2 Å². The first kappa shape index (κ1) is 14.3. The Morgan fingerprint density at radius 2 is 1.70 bits per heavy atom. The Balaban J connectivity index is 2.18. The highest BCUT2D eigenvalue weighted by Gasteiger charge is 2.09. The first-order valence-electron chi connectivity index (χ1n) is 7.11. The Morgan fingerprint density at radius 1 is 1.05 bits per heavy atom. The quantitative estimate of drug-likeness (QED) is 0.653. The number of nitrogen functional groups attached to an aromatic ring is 1. The van der Waals surface area contributed by atoms with Gasteiger partial charge in [-0.05, 0) is 49.1 Å². The topological polar surface area (TPSA) is 43.1 Å². The van der Waals surface area contributed by atoms with Crippen molar-refractivity contribution in [3.63, 3.8) is 0 Å². The number of carbonyl (C=O) groups excluding carboxylic acids is 1. The highest BCUT2D eigenvalue weighted by Crippen LogP contribution is 2.17. The molecule has 0 saturated carbocycles. The average molecular weight is 267 g/mol. The molecular weight excluding hydrogens is 246 g/mol. The summed E-state index contributed by atoms with van der Waals surface area (Å²) in [6.45, 7) is 4.10. The zero-order chi connectivity index (χ0) is 14.5. The molecule has 20 heavy (non-hydrogen) atoms. The molecule has 0 saturated heterocycles. The molecule has 0 aromatic heterocycles. The Hall–Kier alpha value is -2.09. The van der Waals surface area contributed by atoms with E-state index < -0.39 is 0 Å². The van der Waals surface area contributed by atoms with Gasteiger partial charge in [-0.25, -0.2) is 0 Å². The van der Waals surface area contributed by atoms with Crippen LogP contribution in [-0.4, -0.2) is 5.78 Å². The van der Waals surface area contributed by atoms with Crippen molar-refractivity contribution in [1.82, 2.24) is 0 Å². The van der Waals surface area contributed by atoms with Gasteiger partial charge in [-0.3, -0.25) is 4.79 Å². The van der Waals surface area contributed by atoms with Crippen LogP contribution in [0.1, 0.15) is 46.8 Å². The molecule has 2 aromatic carbocycles. The fourth-order valence-corrected chi connectivity index (χ4v) is 2.19. The van der Waals surface area contributed by atoms with Crippen molar-refractivity contribution in [2.45, 2.75) is 33.1 Å². The zero-order valence-electron chi connectivity index (χ0n) is 12.1. The van der Waals surface area contributed by atoms with Crippen LogP contribution in [0.3, 0.4) is 0 Å². The van der Waals surface area contributed by atoms with Gasteiger partial charge >= 0.3 is 0 Å². The van der Waals surface area contributed by atoms with E-state index in [-0.39, 0.29) is 5.78 Å². The molecule has 0 aliphatic heterocycles. The number of aryl methyl sites for hydroxylation is 2. The second-order valence-corrected chi connectivity index (χ2v) is 5.20. The molecule has 0 unspecified atom stereocenters. The van der Waals surface area contributed by atoms with Gasteiger partial charge in [0.1, 0.15) is 0 Å². The van der Waals surface area contributed by atoms with Gasteiger partial charge in [-0.1, -0.05) is 37.6 Å². The maximum Gasteiger partial charge on any atom is 0.193 e. The summed E-state index contributed by atoms with van der Waals surface area (Å²) in [5.74, 6) is 0.0511. The molecule has 2 N–H and O–H groups in total. The molecule has 0 radical (unpaired) electrons. The van der Waals surface area contributed by atoms with E-state index in [0.29, 0.717) is 5.56 Å². The summed E-state index contributed by atoms with van der Waals surface area (Å²) in [7, 11) is 0. The molecule has 0 atom stereocenters. The summed E-state index contributed by atoms with van der Waals surface area (Å²) in [4.78, 5) is 12.4. The molecule has 104 valence electrons. The number of unbranched alkanes of at least 4 members (excludes halogenated alkanes) is 1. The lowest BCUT2D eigenvalue weighted by Gasteiger charge is -2.06. The fourth-order valence-electron chi connectivity index (χ4n) is 2.19. The lowest BCUT2D eigenvalue weighted by Crippen LogP contribution is -2.03. The van der Waals surface area contributed by atoms with Crippen molar-refractivity contribution in [3.05, 3.63) is 64.7 Å². The van der Waals surface area contributed by atoms with Crippen molar-refractivity contribution in [2.75, 3.05) is 5.73 Å². The van der Waals surface area contributed by atoms with Gasteiger partial charge in [-0.15, -0.1) is 0 Å². The predicted octanol–water partition coefficient (Wildman–Crippen LogP) is 4.15. The molecule has 2 aromatic rings. The maximum absolute atomic E-state index is 12.4. The van der Waals surface area contributed by atoms with E-state index in [2.05, 4.69) is 6.92 Å². The predicted molar refractivity (Wildman–Crippen MR) is 84.1 cm³/mol. The van der Waals surface area contributed by atoms with Crippen LogP contribution < -0.4 is 5.73 Å². The normalized spacial score (nSPS) is 10.5. The molecule has 0 aliphatic carbocycles. The minimum atomic E-state index is 0.0511. The minimum Gasteiger partial charge on any atom is -0.399 e. The number of anilines is 1. The van der Waals surface area contributed by atoms with E-state index in [1.807, 2.05) is 37.3 Å². The van der Waals surface area contributed by atoms with Gasteiger partial charge in [-0.2, -0.15) is 0 Å². The van der Waals surface area contributed by atoms with E-state index >= 15 is 0 Å². The molecule has 0 aliphatic rings.